The number of ether oxygens (including phenoxy) is 1. The van der Waals surface area contributed by atoms with Gasteiger partial charge in [0, 0.05) is 6.42 Å². The average molecular weight is 780 g/mol. The molecule has 0 aliphatic rings. The van der Waals surface area contributed by atoms with E-state index in [1.54, 1.807) is 0 Å². The van der Waals surface area contributed by atoms with Crippen molar-refractivity contribution in [2.75, 3.05) is 6.61 Å². The topological polar surface area (TPSA) is 95.9 Å². The fourth-order valence-corrected chi connectivity index (χ4v) is 7.90. The summed E-state index contributed by atoms with van der Waals surface area (Å²) in [5, 5.41) is 23.7. The minimum Gasteiger partial charge on any atom is -0.462 e. The fraction of sp³-hybridized carbons (Fsp3) is 0.959. The third kappa shape index (κ3) is 39.5. The summed E-state index contributed by atoms with van der Waals surface area (Å²) < 4.78 is 5.92. The van der Waals surface area contributed by atoms with E-state index in [9.17, 15) is 19.8 Å². The quantitative estimate of drug-likeness (QED) is 0.0422. The molecule has 0 saturated heterocycles. The average Bonchev–Trinajstić information content (AvgIpc) is 3.18. The van der Waals surface area contributed by atoms with Crippen LogP contribution in [-0.2, 0) is 14.3 Å². The number of nitrogens with one attached hydrogen (secondary N) is 1. The van der Waals surface area contributed by atoms with E-state index in [0.717, 1.165) is 38.5 Å². The SMILES string of the molecule is CCCCCCCCCCCCCCCCCC(=O)OC(CCCCCCCCCCCCC)CC(=O)NC(CO)C(O)CCCCCCCCCCCC. The zero-order valence-corrected chi connectivity index (χ0v) is 37.3. The maximum absolute atomic E-state index is 13.1. The minimum absolute atomic E-state index is 0.0871. The summed E-state index contributed by atoms with van der Waals surface area (Å²) in [4.78, 5) is 26.0. The lowest BCUT2D eigenvalue weighted by molar-refractivity contribution is -0.151. The number of amides is 1. The van der Waals surface area contributed by atoms with Gasteiger partial charge in [0.05, 0.1) is 25.2 Å². The third-order valence-corrected chi connectivity index (χ3v) is 11.7. The zero-order valence-electron chi connectivity index (χ0n) is 37.3. The monoisotopic (exact) mass is 780 g/mol. The summed E-state index contributed by atoms with van der Waals surface area (Å²) in [6.45, 7) is 6.49. The first kappa shape index (κ1) is 53.9. The predicted molar refractivity (Wildman–Crippen MR) is 237 cm³/mol. The van der Waals surface area contributed by atoms with Gasteiger partial charge in [-0.2, -0.15) is 0 Å². The van der Waals surface area contributed by atoms with Gasteiger partial charge in [0.15, 0.2) is 0 Å². The molecule has 0 fully saturated rings. The largest absolute Gasteiger partial charge is 0.462 e. The molecule has 3 atom stereocenters. The lowest BCUT2D eigenvalue weighted by atomic mass is 10.0. The van der Waals surface area contributed by atoms with Crippen LogP contribution < -0.4 is 5.32 Å². The molecule has 0 rings (SSSR count). The predicted octanol–water partition coefficient (Wildman–Crippen LogP) is 14.4. The van der Waals surface area contributed by atoms with E-state index in [1.807, 2.05) is 0 Å². The van der Waals surface area contributed by atoms with Gasteiger partial charge in [-0.1, -0.05) is 239 Å². The molecule has 0 bridgehead atoms. The van der Waals surface area contributed by atoms with Crippen LogP contribution in [0.3, 0.4) is 0 Å². The van der Waals surface area contributed by atoms with Gasteiger partial charge >= 0.3 is 5.97 Å². The van der Waals surface area contributed by atoms with Gasteiger partial charge in [0.1, 0.15) is 6.10 Å². The molecule has 0 aliphatic heterocycles. The van der Waals surface area contributed by atoms with Gasteiger partial charge in [-0.3, -0.25) is 9.59 Å². The Hall–Kier alpha value is -1.14. The van der Waals surface area contributed by atoms with Crippen LogP contribution in [0.4, 0.5) is 0 Å². The first-order chi connectivity index (χ1) is 27.0. The molecule has 0 aliphatic carbocycles. The van der Waals surface area contributed by atoms with Gasteiger partial charge in [-0.15, -0.1) is 0 Å². The Labute approximate surface area is 343 Å². The molecular formula is C49H97NO5. The van der Waals surface area contributed by atoms with Crippen LogP contribution in [0, 0.1) is 0 Å². The molecule has 0 aromatic carbocycles. The first-order valence-corrected chi connectivity index (χ1v) is 24.8. The molecule has 3 unspecified atom stereocenters. The minimum atomic E-state index is -0.777. The van der Waals surface area contributed by atoms with Crippen LogP contribution in [0.25, 0.3) is 0 Å². The fourth-order valence-electron chi connectivity index (χ4n) is 7.90. The number of carbonyl (C=O) groups is 2. The van der Waals surface area contributed by atoms with Crippen LogP contribution in [-0.4, -0.2) is 46.9 Å². The zero-order chi connectivity index (χ0) is 40.3. The van der Waals surface area contributed by atoms with Crippen molar-refractivity contribution < 1.29 is 24.5 Å². The van der Waals surface area contributed by atoms with Crippen molar-refractivity contribution in [2.24, 2.45) is 0 Å². The summed E-state index contributed by atoms with van der Waals surface area (Å²) in [5.74, 6) is -0.454. The molecule has 0 heterocycles. The highest BCUT2D eigenvalue weighted by Crippen LogP contribution is 2.18. The molecular weight excluding hydrogens is 683 g/mol. The van der Waals surface area contributed by atoms with Crippen molar-refractivity contribution in [3.05, 3.63) is 0 Å². The Balaban J connectivity index is 4.49. The lowest BCUT2D eigenvalue weighted by Crippen LogP contribution is -2.46. The molecule has 0 aromatic heterocycles. The molecule has 6 nitrogen and oxygen atoms in total. The number of aliphatic hydroxyl groups is 2. The summed E-state index contributed by atoms with van der Waals surface area (Å²) in [6, 6.07) is -0.690. The summed E-state index contributed by atoms with van der Waals surface area (Å²) in [5.41, 5.74) is 0. The molecule has 0 aromatic rings. The second-order valence-corrected chi connectivity index (χ2v) is 17.2. The Morgan fingerprint density at radius 1 is 0.455 bits per heavy atom. The first-order valence-electron chi connectivity index (χ1n) is 24.8. The molecule has 55 heavy (non-hydrogen) atoms. The molecule has 0 radical (unpaired) electrons. The Bertz CT molecular complexity index is 791. The number of carbonyl (C=O) groups excluding carboxylic acids is 2. The summed E-state index contributed by atoms with van der Waals surface area (Å²) in [7, 11) is 0. The number of aliphatic hydroxyl groups excluding tert-OH is 2. The number of unbranched alkanes of at least 4 members (excludes halogenated alkanes) is 33. The number of rotatable bonds is 45. The van der Waals surface area contributed by atoms with Gasteiger partial charge < -0.3 is 20.3 Å². The smallest absolute Gasteiger partial charge is 0.306 e. The van der Waals surface area contributed by atoms with Crippen LogP contribution in [0.5, 0.6) is 0 Å². The van der Waals surface area contributed by atoms with Crippen molar-refractivity contribution in [2.45, 2.75) is 296 Å². The van der Waals surface area contributed by atoms with Crippen molar-refractivity contribution >= 4 is 11.9 Å². The second kappa shape index (κ2) is 44.0. The summed E-state index contributed by atoms with van der Waals surface area (Å²) >= 11 is 0. The standard InChI is InChI=1S/C49H97NO5/c1-4-7-10-13-16-19-22-23-24-25-27-30-33-36-39-42-49(54)55-45(40-37-34-31-28-26-20-17-14-11-8-5-2)43-48(53)50-46(44-51)47(52)41-38-35-32-29-21-18-15-12-9-6-3/h45-47,51-52H,4-44H2,1-3H3,(H,50,53). The van der Waals surface area contributed by atoms with E-state index in [1.165, 1.54) is 193 Å². The maximum atomic E-state index is 13.1. The van der Waals surface area contributed by atoms with Crippen LogP contribution in [0.15, 0.2) is 0 Å². The number of hydrogen-bond acceptors (Lipinski definition) is 5. The summed E-state index contributed by atoms with van der Waals surface area (Å²) in [6.07, 6.45) is 45.9. The van der Waals surface area contributed by atoms with Crippen molar-refractivity contribution in [3.8, 4) is 0 Å². The van der Waals surface area contributed by atoms with Crippen LogP contribution in [0.2, 0.25) is 0 Å². The molecule has 1 amide bonds. The van der Waals surface area contributed by atoms with E-state index in [4.69, 9.17) is 4.74 Å². The van der Waals surface area contributed by atoms with E-state index >= 15 is 0 Å². The molecule has 6 heteroatoms. The van der Waals surface area contributed by atoms with E-state index in [2.05, 4.69) is 26.1 Å². The second-order valence-electron chi connectivity index (χ2n) is 17.2. The Kier molecular flexibility index (Phi) is 43.1. The van der Waals surface area contributed by atoms with Gasteiger partial charge in [0.25, 0.3) is 0 Å². The highest BCUT2D eigenvalue weighted by molar-refractivity contribution is 5.77. The van der Waals surface area contributed by atoms with E-state index in [-0.39, 0.29) is 24.9 Å². The van der Waals surface area contributed by atoms with Crippen molar-refractivity contribution in [3.63, 3.8) is 0 Å². The van der Waals surface area contributed by atoms with Gasteiger partial charge in [-0.25, -0.2) is 0 Å². The Morgan fingerprint density at radius 2 is 0.764 bits per heavy atom. The third-order valence-electron chi connectivity index (χ3n) is 11.7. The normalized spacial score (nSPS) is 13.2. The highest BCUT2D eigenvalue weighted by Gasteiger charge is 2.24. The molecule has 328 valence electrons. The van der Waals surface area contributed by atoms with Gasteiger partial charge in [0.2, 0.25) is 5.91 Å². The number of hydrogen-bond donors (Lipinski definition) is 3. The van der Waals surface area contributed by atoms with Crippen molar-refractivity contribution in [1.82, 2.24) is 5.32 Å². The maximum Gasteiger partial charge on any atom is 0.306 e. The number of esters is 1. The Morgan fingerprint density at radius 3 is 1.11 bits per heavy atom. The van der Waals surface area contributed by atoms with Crippen LogP contribution >= 0.6 is 0 Å². The molecule has 0 spiro atoms. The van der Waals surface area contributed by atoms with E-state index < -0.39 is 18.2 Å². The highest BCUT2D eigenvalue weighted by atomic mass is 16.5. The molecule has 3 N–H and O–H groups in total. The van der Waals surface area contributed by atoms with E-state index in [0.29, 0.717) is 19.3 Å². The van der Waals surface area contributed by atoms with Crippen molar-refractivity contribution in [1.29, 1.82) is 0 Å². The lowest BCUT2D eigenvalue weighted by Gasteiger charge is -2.24. The molecule has 0 saturated carbocycles. The van der Waals surface area contributed by atoms with Crippen LogP contribution in [0.1, 0.15) is 278 Å². The van der Waals surface area contributed by atoms with Gasteiger partial charge in [-0.05, 0) is 25.7 Å².